The Morgan fingerprint density at radius 3 is 2.64 bits per heavy atom. The predicted octanol–water partition coefficient (Wildman–Crippen LogP) is 6.06. The van der Waals surface area contributed by atoms with Crippen LogP contribution in [0.3, 0.4) is 0 Å². The van der Waals surface area contributed by atoms with E-state index in [9.17, 15) is 18.7 Å². The minimum Gasteiger partial charge on any atom is -0.443 e. The number of hydrogen-bond acceptors (Lipinski definition) is 7. The highest BCUT2D eigenvalue weighted by Crippen LogP contribution is 2.30. The first-order valence-corrected chi connectivity index (χ1v) is 12.0. The summed E-state index contributed by atoms with van der Waals surface area (Å²) in [5.41, 5.74) is 2.48. The largest absolute Gasteiger partial charge is 0.443 e. The molecule has 194 valence electrons. The molecule has 0 radical (unpaired) electrons. The van der Waals surface area contributed by atoms with E-state index in [2.05, 4.69) is 31.2 Å². The Kier molecular flexibility index (Phi) is 8.67. The number of hydrogen-bond donors (Lipinski definition) is 2. The highest BCUT2D eigenvalue weighted by Gasteiger charge is 2.34. The van der Waals surface area contributed by atoms with E-state index in [1.54, 1.807) is 0 Å². The van der Waals surface area contributed by atoms with Gasteiger partial charge >= 0.3 is 0 Å². The van der Waals surface area contributed by atoms with Gasteiger partial charge in [0.05, 0.1) is 0 Å². The molecule has 0 spiro atoms. The second-order valence-electron chi connectivity index (χ2n) is 9.13. The summed E-state index contributed by atoms with van der Waals surface area (Å²) in [4.78, 5) is 21.8. The van der Waals surface area contributed by atoms with Crippen LogP contribution in [-0.4, -0.2) is 39.0 Å². The molecule has 2 aromatic heterocycles. The highest BCUT2D eigenvalue weighted by molar-refractivity contribution is 9.10. The fraction of sp³-hybridized carbons (Fsp3) is 0.400. The number of aliphatic hydroxyl groups is 1. The molecule has 0 aliphatic carbocycles. The van der Waals surface area contributed by atoms with E-state index in [0.29, 0.717) is 19.5 Å². The summed E-state index contributed by atoms with van der Waals surface area (Å²) in [7, 11) is 0. The summed E-state index contributed by atoms with van der Waals surface area (Å²) in [6.45, 7) is 9.22. The summed E-state index contributed by atoms with van der Waals surface area (Å²) in [6.07, 6.45) is 0.940. The van der Waals surface area contributed by atoms with Gasteiger partial charge < -0.3 is 24.2 Å². The van der Waals surface area contributed by atoms with Crippen LogP contribution in [0.2, 0.25) is 0 Å². The lowest BCUT2D eigenvalue weighted by Gasteiger charge is -2.29. The first-order valence-electron chi connectivity index (χ1n) is 11.3. The smallest absolute Gasteiger partial charge is 0.292 e. The van der Waals surface area contributed by atoms with Crippen molar-refractivity contribution >= 4 is 32.9 Å². The van der Waals surface area contributed by atoms with E-state index in [0.717, 1.165) is 32.4 Å². The van der Waals surface area contributed by atoms with Crippen LogP contribution in [0, 0.1) is 0 Å². The van der Waals surface area contributed by atoms with Crippen molar-refractivity contribution in [2.75, 3.05) is 13.1 Å². The van der Waals surface area contributed by atoms with Crippen LogP contribution in [0.4, 0.5) is 8.78 Å². The predicted molar refractivity (Wildman–Crippen MR) is 134 cm³/mol. The Hall–Kier alpha value is -3.05. The lowest BCUT2D eigenvalue weighted by atomic mass is 10.1. The lowest BCUT2D eigenvalue weighted by molar-refractivity contribution is 0.0451. The molecule has 3 aromatic rings. The zero-order valence-electron chi connectivity index (χ0n) is 20.7. The Labute approximate surface area is 216 Å². The van der Waals surface area contributed by atoms with Gasteiger partial charge in [0, 0.05) is 29.7 Å². The van der Waals surface area contributed by atoms with Gasteiger partial charge in [-0.05, 0) is 74.5 Å². The number of benzene rings is 1. The third kappa shape index (κ3) is 6.58. The molecule has 1 aliphatic rings. The van der Waals surface area contributed by atoms with Crippen LogP contribution in [0.25, 0.3) is 11.1 Å². The Bertz CT molecular complexity index is 1290. The topological polar surface area (TPSA) is 105 Å². The Balaban J connectivity index is 0.000000297. The van der Waals surface area contributed by atoms with Crippen molar-refractivity contribution in [3.05, 3.63) is 69.5 Å². The van der Waals surface area contributed by atoms with Crippen LogP contribution >= 0.6 is 15.9 Å². The number of nitrogens with zero attached hydrogens (tertiary/aromatic N) is 3. The first kappa shape index (κ1) is 27.5. The monoisotopic (exact) mass is 566 g/mol. The van der Waals surface area contributed by atoms with E-state index < -0.39 is 29.4 Å². The summed E-state index contributed by atoms with van der Waals surface area (Å²) < 4.78 is 37.8. The number of carbonyl (C=O) groups is 1. The van der Waals surface area contributed by atoms with Crippen molar-refractivity contribution in [1.29, 1.82) is 0 Å². The number of nitrogens with one attached hydrogen (secondary N) is 1. The quantitative estimate of drug-likeness (QED) is 0.386. The molecule has 11 heteroatoms. The molecule has 2 N–H and O–H groups in total. The third-order valence-corrected chi connectivity index (χ3v) is 5.93. The van der Waals surface area contributed by atoms with Crippen molar-refractivity contribution in [3.63, 3.8) is 0 Å². The molecule has 0 saturated heterocycles. The molecule has 0 fully saturated rings. The molecular formula is C25H29BrF2N4O4. The standard InChI is InChI=1S/C18H25F2N3O3.C7H4BrNO/c1-10(2)8-21-12-6-7-23(9-11(12)3)16(24)14-13(15(19)20)22-17(26-14)18(4,5)25;8-5-2-1-3-6-7(5)9-4-10-6/h8,15,21,25H,6-7,9H2,1-5H3;1-4H. The van der Waals surface area contributed by atoms with Gasteiger partial charge in [-0.2, -0.15) is 0 Å². The number of alkyl halides is 2. The van der Waals surface area contributed by atoms with Crippen LogP contribution < -0.4 is 5.32 Å². The molecule has 0 unspecified atom stereocenters. The Morgan fingerprint density at radius 2 is 2.06 bits per heavy atom. The number of carbonyl (C=O) groups excluding carboxylic acids is 1. The SMILES string of the molecule is Brc1cccc2ocnc12.CC(C)=CNC1=C(C)CN(C(=O)c2oc(C(C)(C)O)nc2C(F)F)CC1. The van der Waals surface area contributed by atoms with Crippen molar-refractivity contribution < 1.29 is 27.5 Å². The fourth-order valence-corrected chi connectivity index (χ4v) is 3.86. The molecule has 0 saturated carbocycles. The van der Waals surface area contributed by atoms with Crippen molar-refractivity contribution in [2.24, 2.45) is 0 Å². The molecule has 0 atom stereocenters. The fourth-order valence-electron chi connectivity index (χ4n) is 3.41. The molecule has 8 nitrogen and oxygen atoms in total. The average molecular weight is 567 g/mol. The van der Waals surface area contributed by atoms with Crippen LogP contribution in [0.5, 0.6) is 0 Å². The lowest BCUT2D eigenvalue weighted by Crippen LogP contribution is -2.38. The molecular weight excluding hydrogens is 538 g/mol. The third-order valence-electron chi connectivity index (χ3n) is 5.29. The second kappa shape index (κ2) is 11.3. The molecule has 4 rings (SSSR count). The zero-order chi connectivity index (χ0) is 26.6. The normalized spacial score (nSPS) is 14.1. The number of oxazole rings is 2. The van der Waals surface area contributed by atoms with Crippen molar-refractivity contribution in [1.82, 2.24) is 20.2 Å². The van der Waals surface area contributed by atoms with E-state index in [1.165, 1.54) is 25.1 Å². The van der Waals surface area contributed by atoms with Gasteiger partial charge in [-0.15, -0.1) is 0 Å². The maximum Gasteiger partial charge on any atom is 0.292 e. The number of amides is 1. The van der Waals surface area contributed by atoms with E-state index in [1.807, 2.05) is 45.2 Å². The number of rotatable bonds is 5. The van der Waals surface area contributed by atoms with Gasteiger partial charge in [-0.3, -0.25) is 4.79 Å². The number of para-hydroxylation sites is 1. The second-order valence-corrected chi connectivity index (χ2v) is 9.99. The maximum atomic E-state index is 13.3. The molecule has 3 heterocycles. The summed E-state index contributed by atoms with van der Waals surface area (Å²) in [5.74, 6) is -1.46. The number of halogens is 3. The van der Waals surface area contributed by atoms with Gasteiger partial charge in [0.2, 0.25) is 11.7 Å². The summed E-state index contributed by atoms with van der Waals surface area (Å²) in [6, 6.07) is 5.73. The molecule has 36 heavy (non-hydrogen) atoms. The van der Waals surface area contributed by atoms with Crippen LogP contribution in [0.15, 0.2) is 60.9 Å². The highest BCUT2D eigenvalue weighted by atomic mass is 79.9. The molecule has 1 amide bonds. The number of allylic oxidation sites excluding steroid dienone is 1. The maximum absolute atomic E-state index is 13.3. The van der Waals surface area contributed by atoms with E-state index in [-0.39, 0.29) is 5.89 Å². The minimum atomic E-state index is -2.97. The van der Waals surface area contributed by atoms with Crippen LogP contribution in [0.1, 0.15) is 69.6 Å². The van der Waals surface area contributed by atoms with Crippen molar-refractivity contribution in [3.8, 4) is 0 Å². The number of fused-ring (bicyclic) bond motifs is 1. The summed E-state index contributed by atoms with van der Waals surface area (Å²) >= 11 is 3.35. The Morgan fingerprint density at radius 1 is 1.33 bits per heavy atom. The first-order chi connectivity index (χ1) is 16.9. The zero-order valence-corrected chi connectivity index (χ0v) is 22.3. The van der Waals surface area contributed by atoms with Crippen LogP contribution in [-0.2, 0) is 5.60 Å². The average Bonchev–Trinajstić information content (AvgIpc) is 3.46. The van der Waals surface area contributed by atoms with Gasteiger partial charge in [0.15, 0.2) is 17.7 Å². The minimum absolute atomic E-state index is 0.300. The number of aromatic nitrogens is 2. The van der Waals surface area contributed by atoms with Gasteiger partial charge in [-0.1, -0.05) is 11.6 Å². The van der Waals surface area contributed by atoms with Crippen molar-refractivity contribution in [2.45, 2.75) is 53.1 Å². The van der Waals surface area contributed by atoms with Gasteiger partial charge in [-0.25, -0.2) is 18.7 Å². The van der Waals surface area contributed by atoms with Gasteiger partial charge in [0.1, 0.15) is 11.1 Å². The van der Waals surface area contributed by atoms with E-state index >= 15 is 0 Å². The van der Waals surface area contributed by atoms with E-state index in [4.69, 9.17) is 8.83 Å². The van der Waals surface area contributed by atoms with Gasteiger partial charge in [0.25, 0.3) is 12.3 Å². The molecule has 1 aliphatic heterocycles. The molecule has 1 aromatic carbocycles. The molecule has 0 bridgehead atoms. The summed E-state index contributed by atoms with van der Waals surface area (Å²) in [5, 5.41) is 13.1.